The van der Waals surface area contributed by atoms with E-state index in [2.05, 4.69) is 6.92 Å². The minimum Gasteiger partial charge on any atom is -0.494 e. The van der Waals surface area contributed by atoms with E-state index < -0.39 is 5.97 Å². The number of nitrogens with zero attached hydrogens (tertiary/aromatic N) is 1. The summed E-state index contributed by atoms with van der Waals surface area (Å²) in [6.07, 6.45) is 2.89. The van der Waals surface area contributed by atoms with Gasteiger partial charge in [0.15, 0.2) is 0 Å². The molecule has 1 atom stereocenters. The molecular formula is C16H24ClNO3. The van der Waals surface area contributed by atoms with Crippen molar-refractivity contribution < 1.29 is 14.6 Å². The molecule has 0 aliphatic rings. The summed E-state index contributed by atoms with van der Waals surface area (Å²) < 4.78 is 5.62. The predicted molar refractivity (Wildman–Crippen MR) is 85.3 cm³/mol. The van der Waals surface area contributed by atoms with Gasteiger partial charge in [-0.05, 0) is 37.6 Å². The van der Waals surface area contributed by atoms with E-state index in [-0.39, 0.29) is 12.6 Å². The fourth-order valence-corrected chi connectivity index (χ4v) is 2.34. The number of carboxylic acids is 1. The standard InChI is InChI=1S/C16H24ClNO3/c1-3-4-9-21-15-7-5-13(6-8-15)10-14(11-17)18(2)12-16(19)20/h5-8,14H,3-4,9-12H2,1-2H3,(H,19,20)/t14-/m0/s1. The highest BCUT2D eigenvalue weighted by Gasteiger charge is 2.16. The van der Waals surface area contributed by atoms with Gasteiger partial charge in [-0.1, -0.05) is 25.5 Å². The molecule has 0 aliphatic carbocycles. The van der Waals surface area contributed by atoms with E-state index in [0.29, 0.717) is 5.88 Å². The SMILES string of the molecule is CCCCOc1ccc(C[C@@H](CCl)N(C)CC(=O)O)cc1. The van der Waals surface area contributed by atoms with Gasteiger partial charge in [0.1, 0.15) is 5.75 Å². The zero-order chi connectivity index (χ0) is 15.7. The Bertz CT molecular complexity index is 422. The maximum atomic E-state index is 10.8. The maximum Gasteiger partial charge on any atom is 0.317 e. The number of carbonyl (C=O) groups is 1. The summed E-state index contributed by atoms with van der Waals surface area (Å²) >= 11 is 5.95. The Hall–Kier alpha value is -1.26. The van der Waals surface area contributed by atoms with Gasteiger partial charge in [-0.3, -0.25) is 9.69 Å². The highest BCUT2D eigenvalue weighted by Crippen LogP contribution is 2.15. The summed E-state index contributed by atoms with van der Waals surface area (Å²) in [5, 5.41) is 8.83. The molecule has 0 unspecified atom stereocenters. The Morgan fingerprint density at radius 1 is 1.38 bits per heavy atom. The molecule has 0 heterocycles. The summed E-state index contributed by atoms with van der Waals surface area (Å²) in [5.74, 6) is 0.430. The van der Waals surface area contributed by atoms with Crippen molar-refractivity contribution in [3.8, 4) is 5.75 Å². The number of unbranched alkanes of at least 4 members (excludes halogenated alkanes) is 1. The molecule has 4 nitrogen and oxygen atoms in total. The van der Waals surface area contributed by atoms with E-state index in [4.69, 9.17) is 21.4 Å². The molecule has 118 valence electrons. The molecule has 1 aromatic rings. The molecule has 0 aliphatic heterocycles. The van der Waals surface area contributed by atoms with Crippen molar-refractivity contribution in [3.63, 3.8) is 0 Å². The monoisotopic (exact) mass is 313 g/mol. The van der Waals surface area contributed by atoms with Gasteiger partial charge in [0, 0.05) is 11.9 Å². The van der Waals surface area contributed by atoms with Crippen LogP contribution >= 0.6 is 11.6 Å². The summed E-state index contributed by atoms with van der Waals surface area (Å²) in [4.78, 5) is 12.5. The third-order valence-corrected chi connectivity index (χ3v) is 3.70. The van der Waals surface area contributed by atoms with Crippen LogP contribution in [0, 0.1) is 0 Å². The molecule has 1 aromatic carbocycles. The molecule has 21 heavy (non-hydrogen) atoms. The van der Waals surface area contributed by atoms with Gasteiger partial charge in [-0.2, -0.15) is 0 Å². The number of carboxylic acid groups (broad SMARTS) is 1. The second kappa shape index (κ2) is 9.64. The second-order valence-electron chi connectivity index (χ2n) is 5.17. The first-order chi connectivity index (χ1) is 10.1. The second-order valence-corrected chi connectivity index (χ2v) is 5.48. The number of ether oxygens (including phenoxy) is 1. The molecule has 0 saturated heterocycles. The molecule has 0 amide bonds. The van der Waals surface area contributed by atoms with Gasteiger partial charge in [0.05, 0.1) is 13.2 Å². The number of aliphatic carboxylic acids is 1. The van der Waals surface area contributed by atoms with Crippen LogP contribution < -0.4 is 4.74 Å². The van der Waals surface area contributed by atoms with Crippen LogP contribution in [0.1, 0.15) is 25.3 Å². The molecule has 0 radical (unpaired) electrons. The lowest BCUT2D eigenvalue weighted by Gasteiger charge is -2.24. The number of rotatable bonds is 10. The fraction of sp³-hybridized carbons (Fsp3) is 0.562. The predicted octanol–water partition coefficient (Wildman–Crippen LogP) is 3.03. The van der Waals surface area contributed by atoms with Crippen LogP contribution in [-0.4, -0.2) is 48.1 Å². The smallest absolute Gasteiger partial charge is 0.317 e. The van der Waals surface area contributed by atoms with Crippen molar-refractivity contribution in [2.45, 2.75) is 32.2 Å². The van der Waals surface area contributed by atoms with E-state index in [9.17, 15) is 4.79 Å². The Labute approximate surface area is 131 Å². The fourth-order valence-electron chi connectivity index (χ4n) is 2.00. The van der Waals surface area contributed by atoms with E-state index in [0.717, 1.165) is 37.2 Å². The molecule has 0 spiro atoms. The Morgan fingerprint density at radius 3 is 2.57 bits per heavy atom. The highest BCUT2D eigenvalue weighted by molar-refractivity contribution is 6.18. The van der Waals surface area contributed by atoms with Gasteiger partial charge in [-0.15, -0.1) is 11.6 Å². The van der Waals surface area contributed by atoms with Gasteiger partial charge < -0.3 is 9.84 Å². The van der Waals surface area contributed by atoms with E-state index in [1.54, 1.807) is 11.9 Å². The van der Waals surface area contributed by atoms with E-state index >= 15 is 0 Å². The molecule has 0 bridgehead atoms. The number of alkyl halides is 1. The van der Waals surface area contributed by atoms with Gasteiger partial charge in [0.25, 0.3) is 0 Å². The summed E-state index contributed by atoms with van der Waals surface area (Å²) in [6.45, 7) is 2.86. The van der Waals surface area contributed by atoms with E-state index in [1.807, 2.05) is 24.3 Å². The lowest BCUT2D eigenvalue weighted by molar-refractivity contribution is -0.138. The van der Waals surface area contributed by atoms with Crippen LogP contribution in [0.3, 0.4) is 0 Å². The maximum absolute atomic E-state index is 10.8. The average molecular weight is 314 g/mol. The van der Waals surface area contributed by atoms with Gasteiger partial charge in [0.2, 0.25) is 0 Å². The lowest BCUT2D eigenvalue weighted by Crippen LogP contribution is -2.38. The van der Waals surface area contributed by atoms with Crippen molar-refractivity contribution in [1.29, 1.82) is 0 Å². The molecule has 1 rings (SSSR count). The minimum absolute atomic E-state index is 0.00437. The molecule has 0 fully saturated rings. The molecular weight excluding hydrogens is 290 g/mol. The summed E-state index contributed by atoms with van der Waals surface area (Å²) in [7, 11) is 1.78. The van der Waals surface area contributed by atoms with Crippen molar-refractivity contribution in [2.24, 2.45) is 0 Å². The van der Waals surface area contributed by atoms with Crippen molar-refractivity contribution in [2.75, 3.05) is 26.1 Å². The number of benzene rings is 1. The third kappa shape index (κ3) is 6.82. The quantitative estimate of drug-likeness (QED) is 0.533. The number of likely N-dealkylation sites (N-methyl/N-ethyl adjacent to an activating group) is 1. The topological polar surface area (TPSA) is 49.8 Å². The normalized spacial score (nSPS) is 12.4. The van der Waals surface area contributed by atoms with Crippen molar-refractivity contribution >= 4 is 17.6 Å². The first kappa shape index (κ1) is 17.8. The van der Waals surface area contributed by atoms with Crippen LogP contribution in [0.15, 0.2) is 24.3 Å². The molecule has 1 N–H and O–H groups in total. The first-order valence-electron chi connectivity index (χ1n) is 7.26. The van der Waals surface area contributed by atoms with Crippen LogP contribution in [0.25, 0.3) is 0 Å². The Balaban J connectivity index is 2.54. The molecule has 0 saturated carbocycles. The lowest BCUT2D eigenvalue weighted by atomic mass is 10.1. The number of hydrogen-bond acceptors (Lipinski definition) is 3. The first-order valence-corrected chi connectivity index (χ1v) is 7.80. The Kier molecular flexibility index (Phi) is 8.16. The van der Waals surface area contributed by atoms with Crippen LogP contribution in [0.2, 0.25) is 0 Å². The number of hydrogen-bond donors (Lipinski definition) is 1. The van der Waals surface area contributed by atoms with Crippen LogP contribution in [0.4, 0.5) is 0 Å². The summed E-state index contributed by atoms with van der Waals surface area (Å²) in [5.41, 5.74) is 1.13. The van der Waals surface area contributed by atoms with Gasteiger partial charge in [-0.25, -0.2) is 0 Å². The molecule has 0 aromatic heterocycles. The zero-order valence-electron chi connectivity index (χ0n) is 12.7. The highest BCUT2D eigenvalue weighted by atomic mass is 35.5. The third-order valence-electron chi connectivity index (χ3n) is 3.35. The minimum atomic E-state index is -0.840. The van der Waals surface area contributed by atoms with Crippen molar-refractivity contribution in [3.05, 3.63) is 29.8 Å². The summed E-state index contributed by atoms with van der Waals surface area (Å²) in [6, 6.07) is 7.93. The molecule has 5 heteroatoms. The average Bonchev–Trinajstić information content (AvgIpc) is 2.45. The van der Waals surface area contributed by atoms with E-state index in [1.165, 1.54) is 0 Å². The number of halogens is 1. The van der Waals surface area contributed by atoms with Gasteiger partial charge >= 0.3 is 5.97 Å². The van der Waals surface area contributed by atoms with Crippen LogP contribution in [0.5, 0.6) is 5.75 Å². The zero-order valence-corrected chi connectivity index (χ0v) is 13.5. The van der Waals surface area contributed by atoms with Crippen molar-refractivity contribution in [1.82, 2.24) is 4.90 Å². The largest absolute Gasteiger partial charge is 0.494 e. The van der Waals surface area contributed by atoms with Crippen LogP contribution in [-0.2, 0) is 11.2 Å². The Morgan fingerprint density at radius 2 is 2.05 bits per heavy atom.